The van der Waals surface area contributed by atoms with E-state index in [9.17, 15) is 4.79 Å². The summed E-state index contributed by atoms with van der Waals surface area (Å²) in [4.78, 5) is 10.7. The van der Waals surface area contributed by atoms with E-state index in [0.29, 0.717) is 12.2 Å². The van der Waals surface area contributed by atoms with E-state index < -0.39 is 6.09 Å². The van der Waals surface area contributed by atoms with Crippen molar-refractivity contribution in [2.45, 2.75) is 13.1 Å². The number of rotatable bonds is 4. The van der Waals surface area contributed by atoms with E-state index in [2.05, 4.69) is 15.8 Å². The second kappa shape index (κ2) is 5.95. The zero-order valence-corrected chi connectivity index (χ0v) is 12.2. The number of nitrogens with one attached hydrogen (secondary N) is 2. The molecule has 1 amide bonds. The molecule has 0 bridgehead atoms. The first-order valence-corrected chi connectivity index (χ1v) is 6.92. The van der Waals surface area contributed by atoms with Gasteiger partial charge in [-0.25, -0.2) is 10.2 Å². The third kappa shape index (κ3) is 2.96. The van der Waals surface area contributed by atoms with Crippen LogP contribution in [-0.2, 0) is 13.1 Å². The Hall–Kier alpha value is -2.73. The van der Waals surface area contributed by atoms with Crippen LogP contribution in [-0.4, -0.2) is 18.3 Å². The second-order valence-corrected chi connectivity index (χ2v) is 5.04. The number of nitrogens with zero attached hydrogens (tertiary/aromatic N) is 1. The van der Waals surface area contributed by atoms with Gasteiger partial charge in [0.15, 0.2) is 0 Å². The van der Waals surface area contributed by atoms with Crippen LogP contribution in [0, 0.1) is 0 Å². The highest BCUT2D eigenvalue weighted by Crippen LogP contribution is 2.29. The van der Waals surface area contributed by atoms with E-state index in [-0.39, 0.29) is 0 Å². The van der Waals surface area contributed by atoms with Crippen LogP contribution < -0.4 is 20.5 Å². The van der Waals surface area contributed by atoms with Crippen molar-refractivity contribution in [3.63, 3.8) is 0 Å². The standard InChI is InChI=1S/C16H17N3O3/c1-22-14-5-2-11(3-6-14)10-19-15-7-4-13(18-16(20)21)8-12(15)9-17-19/h2-8,17-18H,9-10H2,1H3,(H,20,21). The van der Waals surface area contributed by atoms with Gasteiger partial charge in [-0.2, -0.15) is 0 Å². The summed E-state index contributed by atoms with van der Waals surface area (Å²) in [6, 6.07) is 13.5. The molecule has 0 radical (unpaired) electrons. The lowest BCUT2D eigenvalue weighted by atomic mass is 10.1. The SMILES string of the molecule is COc1ccc(CN2NCc3cc(NC(=O)O)ccc32)cc1. The molecule has 0 aliphatic carbocycles. The Balaban J connectivity index is 1.74. The Kier molecular flexibility index (Phi) is 3.84. The van der Waals surface area contributed by atoms with Gasteiger partial charge in [-0.15, -0.1) is 0 Å². The first kappa shape index (κ1) is 14.2. The van der Waals surface area contributed by atoms with Crippen LogP contribution in [0.2, 0.25) is 0 Å². The molecule has 1 aliphatic heterocycles. The molecule has 1 aliphatic rings. The van der Waals surface area contributed by atoms with Gasteiger partial charge in [0.1, 0.15) is 5.75 Å². The summed E-state index contributed by atoms with van der Waals surface area (Å²) in [6.45, 7) is 1.41. The lowest BCUT2D eigenvalue weighted by Crippen LogP contribution is -2.31. The maximum absolute atomic E-state index is 10.7. The van der Waals surface area contributed by atoms with Gasteiger partial charge in [0.05, 0.1) is 19.3 Å². The topological polar surface area (TPSA) is 73.8 Å². The molecular weight excluding hydrogens is 282 g/mol. The number of hydrogen-bond acceptors (Lipinski definition) is 4. The molecule has 0 saturated carbocycles. The van der Waals surface area contributed by atoms with E-state index in [1.54, 1.807) is 13.2 Å². The Labute approximate surface area is 128 Å². The molecule has 2 aromatic carbocycles. The average molecular weight is 299 g/mol. The van der Waals surface area contributed by atoms with Crippen molar-refractivity contribution in [3.8, 4) is 5.75 Å². The van der Waals surface area contributed by atoms with Gasteiger partial charge >= 0.3 is 6.09 Å². The summed E-state index contributed by atoms with van der Waals surface area (Å²) >= 11 is 0. The van der Waals surface area contributed by atoms with E-state index in [4.69, 9.17) is 9.84 Å². The molecule has 0 saturated heterocycles. The quantitative estimate of drug-likeness (QED) is 0.809. The van der Waals surface area contributed by atoms with Gasteiger partial charge in [0.25, 0.3) is 0 Å². The van der Waals surface area contributed by atoms with Crippen molar-refractivity contribution >= 4 is 17.5 Å². The highest BCUT2D eigenvalue weighted by Gasteiger charge is 2.19. The van der Waals surface area contributed by atoms with E-state index >= 15 is 0 Å². The third-order valence-electron chi connectivity index (χ3n) is 3.58. The zero-order chi connectivity index (χ0) is 15.5. The van der Waals surface area contributed by atoms with Crippen molar-refractivity contribution < 1.29 is 14.6 Å². The minimum Gasteiger partial charge on any atom is -0.497 e. The summed E-state index contributed by atoms with van der Waals surface area (Å²) in [5.74, 6) is 0.836. The number of anilines is 2. The van der Waals surface area contributed by atoms with E-state index in [1.165, 1.54) is 0 Å². The van der Waals surface area contributed by atoms with Gasteiger partial charge in [-0.1, -0.05) is 12.1 Å². The molecule has 0 fully saturated rings. The number of hydrogen-bond donors (Lipinski definition) is 3. The summed E-state index contributed by atoms with van der Waals surface area (Å²) in [7, 11) is 1.65. The molecule has 1 heterocycles. The molecular formula is C16H17N3O3. The third-order valence-corrected chi connectivity index (χ3v) is 3.58. The van der Waals surface area contributed by atoms with Crippen LogP contribution in [0.4, 0.5) is 16.2 Å². The predicted molar refractivity (Wildman–Crippen MR) is 84.1 cm³/mol. The first-order chi connectivity index (χ1) is 10.7. The number of fused-ring (bicyclic) bond motifs is 1. The Bertz CT molecular complexity index is 686. The van der Waals surface area contributed by atoms with Crippen LogP contribution >= 0.6 is 0 Å². The highest BCUT2D eigenvalue weighted by atomic mass is 16.5. The lowest BCUT2D eigenvalue weighted by Gasteiger charge is -2.19. The molecule has 3 rings (SSSR count). The molecule has 22 heavy (non-hydrogen) atoms. The van der Waals surface area contributed by atoms with Crippen LogP contribution in [0.1, 0.15) is 11.1 Å². The van der Waals surface area contributed by atoms with Crippen LogP contribution in [0.15, 0.2) is 42.5 Å². The van der Waals surface area contributed by atoms with Crippen LogP contribution in [0.25, 0.3) is 0 Å². The fourth-order valence-corrected chi connectivity index (χ4v) is 2.51. The largest absolute Gasteiger partial charge is 0.497 e. The maximum Gasteiger partial charge on any atom is 0.409 e. The average Bonchev–Trinajstić information content (AvgIpc) is 2.90. The van der Waals surface area contributed by atoms with Crippen molar-refractivity contribution in [1.29, 1.82) is 0 Å². The van der Waals surface area contributed by atoms with Gasteiger partial charge in [0, 0.05) is 12.2 Å². The minimum absolute atomic E-state index is 0.583. The molecule has 0 unspecified atom stereocenters. The monoisotopic (exact) mass is 299 g/mol. The van der Waals surface area contributed by atoms with Gasteiger partial charge < -0.3 is 14.9 Å². The highest BCUT2D eigenvalue weighted by molar-refractivity contribution is 5.83. The molecule has 6 nitrogen and oxygen atoms in total. The number of methoxy groups -OCH3 is 1. The maximum atomic E-state index is 10.7. The smallest absolute Gasteiger partial charge is 0.409 e. The number of benzene rings is 2. The number of amides is 1. The predicted octanol–water partition coefficient (Wildman–Crippen LogP) is 2.81. The lowest BCUT2D eigenvalue weighted by molar-refractivity contribution is 0.210. The molecule has 0 atom stereocenters. The molecule has 3 N–H and O–H groups in total. The van der Waals surface area contributed by atoms with E-state index in [1.807, 2.05) is 36.4 Å². The van der Waals surface area contributed by atoms with Gasteiger partial charge in [0.2, 0.25) is 0 Å². The number of carbonyl (C=O) groups is 1. The van der Waals surface area contributed by atoms with Gasteiger partial charge in [-0.3, -0.25) is 5.32 Å². The molecule has 0 spiro atoms. The normalized spacial score (nSPS) is 12.9. The van der Waals surface area contributed by atoms with Crippen molar-refractivity contribution in [2.24, 2.45) is 0 Å². The van der Waals surface area contributed by atoms with Crippen molar-refractivity contribution in [1.82, 2.24) is 5.43 Å². The zero-order valence-electron chi connectivity index (χ0n) is 12.2. The summed E-state index contributed by atoms with van der Waals surface area (Å²) in [6.07, 6.45) is -1.05. The minimum atomic E-state index is -1.05. The fourth-order valence-electron chi connectivity index (χ4n) is 2.51. The number of carboxylic acid groups (broad SMARTS) is 1. The fraction of sp³-hybridized carbons (Fsp3) is 0.188. The number of ether oxygens (including phenoxy) is 1. The molecule has 6 heteroatoms. The second-order valence-electron chi connectivity index (χ2n) is 5.04. The van der Waals surface area contributed by atoms with Crippen LogP contribution in [0.3, 0.4) is 0 Å². The number of hydrazine groups is 1. The summed E-state index contributed by atoms with van der Waals surface area (Å²) in [5.41, 5.74) is 7.18. The Morgan fingerprint density at radius 2 is 2.09 bits per heavy atom. The molecule has 114 valence electrons. The molecule has 2 aromatic rings. The first-order valence-electron chi connectivity index (χ1n) is 6.92. The molecule has 0 aromatic heterocycles. The summed E-state index contributed by atoms with van der Waals surface area (Å²) < 4.78 is 5.16. The van der Waals surface area contributed by atoms with Crippen molar-refractivity contribution in [3.05, 3.63) is 53.6 Å². The summed E-state index contributed by atoms with van der Waals surface area (Å²) in [5, 5.41) is 13.2. The van der Waals surface area contributed by atoms with Crippen LogP contribution in [0.5, 0.6) is 5.75 Å². The van der Waals surface area contributed by atoms with E-state index in [0.717, 1.165) is 29.1 Å². The van der Waals surface area contributed by atoms with Crippen molar-refractivity contribution in [2.75, 3.05) is 17.4 Å². The Morgan fingerprint density at radius 1 is 1.32 bits per heavy atom. The Morgan fingerprint density at radius 3 is 2.77 bits per heavy atom. The van der Waals surface area contributed by atoms with Gasteiger partial charge in [-0.05, 0) is 41.5 Å².